The minimum absolute atomic E-state index is 0.0519. The molecule has 230 valence electrons. The van der Waals surface area contributed by atoms with Crippen molar-refractivity contribution in [1.82, 2.24) is 20.0 Å². The molecule has 0 radical (unpaired) electrons. The van der Waals surface area contributed by atoms with E-state index in [9.17, 15) is 19.2 Å². The van der Waals surface area contributed by atoms with Gasteiger partial charge in [0.25, 0.3) is 0 Å². The Balaban J connectivity index is 1.72. The van der Waals surface area contributed by atoms with Crippen LogP contribution in [0.25, 0.3) is 0 Å². The highest BCUT2D eigenvalue weighted by atomic mass is 28.4. The molecule has 0 aromatic rings. The van der Waals surface area contributed by atoms with Gasteiger partial charge in [-0.2, -0.15) is 0 Å². The number of nitrogens with one attached hydrogen (secondary N) is 1. The SMILES string of the molecule is CCO[Si](C)(C)CCCNC(=O)CCCCCN(C)C(=O)C1CCCN1C(=O)C1CCCN1C(=O)OC(C)(C)C. The lowest BCUT2D eigenvalue weighted by molar-refractivity contribution is -0.145. The number of likely N-dealkylation sites (tertiary alicyclic amines) is 2. The Morgan fingerprint density at radius 1 is 0.950 bits per heavy atom. The van der Waals surface area contributed by atoms with E-state index in [1.165, 1.54) is 4.90 Å². The quantitative estimate of drug-likeness (QED) is 0.244. The highest BCUT2D eigenvalue weighted by Crippen LogP contribution is 2.27. The highest BCUT2D eigenvalue weighted by Gasteiger charge is 2.43. The molecule has 2 fully saturated rings. The molecule has 40 heavy (non-hydrogen) atoms. The third-order valence-corrected chi connectivity index (χ3v) is 10.2. The summed E-state index contributed by atoms with van der Waals surface area (Å²) in [6.07, 6.45) is 6.15. The molecule has 2 atom stereocenters. The molecule has 0 aromatic carbocycles. The van der Waals surface area contributed by atoms with Gasteiger partial charge < -0.3 is 24.3 Å². The third-order valence-electron chi connectivity index (χ3n) is 7.57. The van der Waals surface area contributed by atoms with Crippen molar-refractivity contribution in [2.45, 2.75) is 122 Å². The van der Waals surface area contributed by atoms with Crippen molar-refractivity contribution in [2.24, 2.45) is 0 Å². The molecule has 0 bridgehead atoms. The maximum Gasteiger partial charge on any atom is 0.410 e. The zero-order valence-corrected chi connectivity index (χ0v) is 27.1. The van der Waals surface area contributed by atoms with Crippen molar-refractivity contribution >= 4 is 32.1 Å². The number of carbonyl (C=O) groups excluding carboxylic acids is 4. The van der Waals surface area contributed by atoms with Crippen LogP contribution in [0.3, 0.4) is 0 Å². The molecule has 2 heterocycles. The zero-order valence-electron chi connectivity index (χ0n) is 26.1. The summed E-state index contributed by atoms with van der Waals surface area (Å²) in [5.74, 6) is -0.126. The monoisotopic (exact) mass is 582 g/mol. The van der Waals surface area contributed by atoms with E-state index in [1.807, 2.05) is 27.7 Å². The molecule has 11 heteroatoms. The van der Waals surface area contributed by atoms with E-state index < -0.39 is 32.1 Å². The van der Waals surface area contributed by atoms with Crippen molar-refractivity contribution < 1.29 is 28.3 Å². The van der Waals surface area contributed by atoms with Gasteiger partial charge in [0.1, 0.15) is 17.7 Å². The average molecular weight is 583 g/mol. The van der Waals surface area contributed by atoms with Gasteiger partial charge in [0.05, 0.1) is 0 Å². The van der Waals surface area contributed by atoms with Crippen LogP contribution in [-0.2, 0) is 23.5 Å². The van der Waals surface area contributed by atoms with Crippen LogP contribution in [0.2, 0.25) is 19.1 Å². The van der Waals surface area contributed by atoms with Crippen LogP contribution in [0.1, 0.15) is 85.5 Å². The molecule has 10 nitrogen and oxygen atoms in total. The number of nitrogens with zero attached hydrogens (tertiary/aromatic N) is 3. The zero-order chi connectivity index (χ0) is 29.9. The number of amides is 4. The lowest BCUT2D eigenvalue weighted by atomic mass is 10.1. The van der Waals surface area contributed by atoms with E-state index in [0.717, 1.165) is 51.2 Å². The molecule has 0 aliphatic carbocycles. The highest BCUT2D eigenvalue weighted by molar-refractivity contribution is 6.71. The van der Waals surface area contributed by atoms with E-state index in [2.05, 4.69) is 18.4 Å². The van der Waals surface area contributed by atoms with E-state index in [0.29, 0.717) is 45.4 Å². The fourth-order valence-corrected chi connectivity index (χ4v) is 7.46. The molecule has 2 aliphatic rings. The third kappa shape index (κ3) is 11.0. The number of rotatable bonds is 14. The first-order chi connectivity index (χ1) is 18.8. The van der Waals surface area contributed by atoms with Crippen LogP contribution in [0.5, 0.6) is 0 Å². The number of hydrogen-bond donors (Lipinski definition) is 1. The Hall–Kier alpha value is -2.14. The summed E-state index contributed by atoms with van der Waals surface area (Å²) in [5, 5.41) is 3.01. The fraction of sp³-hybridized carbons (Fsp3) is 0.862. The first-order valence-electron chi connectivity index (χ1n) is 15.2. The molecule has 4 amide bonds. The Labute approximate surface area is 242 Å². The Morgan fingerprint density at radius 3 is 2.25 bits per heavy atom. The second kappa shape index (κ2) is 15.7. The van der Waals surface area contributed by atoms with Crippen molar-refractivity contribution in [1.29, 1.82) is 0 Å². The minimum atomic E-state index is -1.60. The lowest BCUT2D eigenvalue weighted by Gasteiger charge is -2.33. The van der Waals surface area contributed by atoms with Gasteiger partial charge >= 0.3 is 6.09 Å². The van der Waals surface area contributed by atoms with Crippen molar-refractivity contribution in [2.75, 3.05) is 39.8 Å². The van der Waals surface area contributed by atoms with E-state index in [4.69, 9.17) is 9.16 Å². The molecule has 1 N–H and O–H groups in total. The largest absolute Gasteiger partial charge is 0.444 e. The predicted molar refractivity (Wildman–Crippen MR) is 158 cm³/mol. The fourth-order valence-electron chi connectivity index (χ4n) is 5.51. The minimum Gasteiger partial charge on any atom is -0.444 e. The number of carbonyl (C=O) groups is 4. The van der Waals surface area contributed by atoms with Gasteiger partial charge in [0.15, 0.2) is 8.32 Å². The molecular formula is C29H54N4O6Si. The molecule has 2 rings (SSSR count). The summed E-state index contributed by atoms with van der Waals surface area (Å²) in [4.78, 5) is 56.5. The van der Waals surface area contributed by atoms with Gasteiger partial charge in [0, 0.05) is 46.3 Å². The summed E-state index contributed by atoms with van der Waals surface area (Å²) < 4.78 is 11.3. The Bertz CT molecular complexity index is 862. The number of unbranched alkanes of at least 4 members (excludes halogenated alkanes) is 2. The van der Waals surface area contributed by atoms with Gasteiger partial charge in [-0.3, -0.25) is 19.3 Å². The van der Waals surface area contributed by atoms with E-state index >= 15 is 0 Å². The smallest absolute Gasteiger partial charge is 0.410 e. The summed E-state index contributed by atoms with van der Waals surface area (Å²) in [6, 6.07) is -0.0215. The van der Waals surface area contributed by atoms with E-state index in [-0.39, 0.29) is 17.7 Å². The second-order valence-electron chi connectivity index (χ2n) is 12.7. The number of hydrogen-bond acceptors (Lipinski definition) is 6. The van der Waals surface area contributed by atoms with Gasteiger partial charge in [-0.1, -0.05) is 6.42 Å². The molecule has 2 aliphatic heterocycles. The van der Waals surface area contributed by atoms with Gasteiger partial charge in [-0.05, 0) is 91.8 Å². The van der Waals surface area contributed by atoms with Crippen LogP contribution in [0.15, 0.2) is 0 Å². The van der Waals surface area contributed by atoms with Gasteiger partial charge in [-0.25, -0.2) is 4.79 Å². The topological polar surface area (TPSA) is 108 Å². The number of ether oxygens (including phenoxy) is 1. The van der Waals surface area contributed by atoms with Crippen LogP contribution in [-0.4, -0.2) is 104 Å². The summed E-state index contributed by atoms with van der Waals surface area (Å²) in [6.45, 7) is 14.9. The molecular weight excluding hydrogens is 528 g/mol. The van der Waals surface area contributed by atoms with Crippen molar-refractivity contribution in [3.8, 4) is 0 Å². The van der Waals surface area contributed by atoms with Gasteiger partial charge in [-0.15, -0.1) is 0 Å². The summed E-state index contributed by atoms with van der Waals surface area (Å²) >= 11 is 0. The van der Waals surface area contributed by atoms with Crippen LogP contribution < -0.4 is 5.32 Å². The second-order valence-corrected chi connectivity index (χ2v) is 17.0. The Morgan fingerprint density at radius 2 is 1.60 bits per heavy atom. The standard InChI is InChI=1S/C29H54N4O6Si/c1-8-38-40(6,7)22-14-18-30-25(34)17-10-9-11-19-31(5)26(35)23-15-12-20-32(23)27(36)24-16-13-21-33(24)28(37)39-29(2,3)4/h23-24H,8-22H2,1-7H3,(H,30,34). The predicted octanol–water partition coefficient (Wildman–Crippen LogP) is 4.14. The molecule has 0 spiro atoms. The summed E-state index contributed by atoms with van der Waals surface area (Å²) in [7, 11) is 0.182. The Kier molecular flexibility index (Phi) is 13.4. The number of likely N-dealkylation sites (N-methyl/N-ethyl adjacent to an activating group) is 1. The average Bonchev–Trinajstić information content (AvgIpc) is 3.55. The maximum atomic E-state index is 13.5. The molecule has 0 aromatic heterocycles. The normalized spacial score (nSPS) is 19.6. The van der Waals surface area contributed by atoms with Gasteiger partial charge in [0.2, 0.25) is 17.7 Å². The molecule has 2 saturated heterocycles. The van der Waals surface area contributed by atoms with E-state index in [1.54, 1.807) is 16.8 Å². The van der Waals surface area contributed by atoms with Crippen LogP contribution in [0.4, 0.5) is 4.79 Å². The summed E-state index contributed by atoms with van der Waals surface area (Å²) in [5.41, 5.74) is -0.631. The van der Waals surface area contributed by atoms with Crippen LogP contribution >= 0.6 is 0 Å². The first-order valence-corrected chi connectivity index (χ1v) is 18.3. The van der Waals surface area contributed by atoms with Crippen molar-refractivity contribution in [3.05, 3.63) is 0 Å². The first kappa shape index (κ1) is 34.1. The maximum absolute atomic E-state index is 13.5. The molecule has 0 saturated carbocycles. The van der Waals surface area contributed by atoms with Crippen LogP contribution in [0, 0.1) is 0 Å². The lowest BCUT2D eigenvalue weighted by Crippen LogP contribution is -2.53. The molecule has 2 unspecified atom stereocenters. The van der Waals surface area contributed by atoms with Crippen molar-refractivity contribution in [3.63, 3.8) is 0 Å².